The number of imidazole rings is 1. The Morgan fingerprint density at radius 3 is 2.48 bits per heavy atom. The molecule has 1 amide bonds. The zero-order chi connectivity index (χ0) is 16.4. The van der Waals surface area contributed by atoms with Crippen molar-refractivity contribution in [2.45, 2.75) is 32.3 Å². The second-order valence-electron chi connectivity index (χ2n) is 5.93. The van der Waals surface area contributed by atoms with Gasteiger partial charge in [0.05, 0.1) is 12.0 Å². The molecule has 1 fully saturated rings. The summed E-state index contributed by atoms with van der Waals surface area (Å²) in [6, 6.07) is 7.48. The van der Waals surface area contributed by atoms with Crippen LogP contribution in [0.2, 0.25) is 0 Å². The lowest BCUT2D eigenvalue weighted by atomic mass is 9.93. The topological polar surface area (TPSA) is 76.4 Å². The number of aryl methyl sites for hydroxylation is 1. The van der Waals surface area contributed by atoms with Gasteiger partial charge in [-0.3, -0.25) is 4.79 Å². The molecule has 23 heavy (non-hydrogen) atoms. The lowest BCUT2D eigenvalue weighted by molar-refractivity contribution is -0.143. The molecule has 6 heteroatoms. The molecule has 0 saturated carbocycles. The van der Waals surface area contributed by atoms with Crippen LogP contribution in [0.3, 0.4) is 0 Å². The van der Waals surface area contributed by atoms with Gasteiger partial charge in [-0.25, -0.2) is 4.98 Å². The SMILES string of the molecule is Cc1ncn(-c2ccc(NC(=O)C3(O)CCOCC3)cc2)c1C. The van der Waals surface area contributed by atoms with Gasteiger partial charge in [0.1, 0.15) is 5.60 Å². The molecule has 1 aromatic heterocycles. The molecule has 6 nitrogen and oxygen atoms in total. The first-order valence-corrected chi connectivity index (χ1v) is 7.72. The fourth-order valence-corrected chi connectivity index (χ4v) is 2.65. The summed E-state index contributed by atoms with van der Waals surface area (Å²) in [5.74, 6) is -0.372. The Labute approximate surface area is 135 Å². The number of hydrogen-bond acceptors (Lipinski definition) is 4. The van der Waals surface area contributed by atoms with E-state index in [1.54, 1.807) is 6.33 Å². The smallest absolute Gasteiger partial charge is 0.256 e. The van der Waals surface area contributed by atoms with Crippen molar-refractivity contribution in [3.05, 3.63) is 42.0 Å². The van der Waals surface area contributed by atoms with Crippen LogP contribution >= 0.6 is 0 Å². The molecule has 0 bridgehead atoms. The molecule has 1 aliphatic heterocycles. The molecule has 0 spiro atoms. The predicted molar refractivity (Wildman–Crippen MR) is 86.7 cm³/mol. The molecule has 1 aromatic carbocycles. The number of anilines is 1. The minimum Gasteiger partial charge on any atom is -0.381 e. The van der Waals surface area contributed by atoms with Crippen LogP contribution in [0, 0.1) is 13.8 Å². The quantitative estimate of drug-likeness (QED) is 0.908. The number of aromatic nitrogens is 2. The maximum absolute atomic E-state index is 12.3. The lowest BCUT2D eigenvalue weighted by Gasteiger charge is -2.30. The van der Waals surface area contributed by atoms with E-state index in [0.29, 0.717) is 31.7 Å². The summed E-state index contributed by atoms with van der Waals surface area (Å²) in [6.07, 6.45) is 2.43. The zero-order valence-electron chi connectivity index (χ0n) is 13.4. The van der Waals surface area contributed by atoms with Crippen LogP contribution in [0.15, 0.2) is 30.6 Å². The molecule has 0 radical (unpaired) electrons. The number of benzene rings is 1. The highest BCUT2D eigenvalue weighted by Gasteiger charge is 2.37. The van der Waals surface area contributed by atoms with Gasteiger partial charge in [-0.1, -0.05) is 0 Å². The van der Waals surface area contributed by atoms with E-state index in [1.165, 1.54) is 0 Å². The number of nitrogens with zero attached hydrogens (tertiary/aromatic N) is 2. The van der Waals surface area contributed by atoms with Crippen molar-refractivity contribution in [2.24, 2.45) is 0 Å². The highest BCUT2D eigenvalue weighted by Crippen LogP contribution is 2.23. The van der Waals surface area contributed by atoms with E-state index in [-0.39, 0.29) is 5.91 Å². The molecule has 1 saturated heterocycles. The van der Waals surface area contributed by atoms with Crippen molar-refractivity contribution in [1.82, 2.24) is 9.55 Å². The number of carbonyl (C=O) groups is 1. The first-order chi connectivity index (χ1) is 11.0. The number of hydrogen-bond donors (Lipinski definition) is 2. The minimum absolute atomic E-state index is 0.324. The number of nitrogens with one attached hydrogen (secondary N) is 1. The Kier molecular flexibility index (Phi) is 4.19. The van der Waals surface area contributed by atoms with Crippen LogP contribution in [0.1, 0.15) is 24.2 Å². The summed E-state index contributed by atoms with van der Waals surface area (Å²) in [5, 5.41) is 13.1. The predicted octanol–water partition coefficient (Wildman–Crippen LogP) is 1.97. The third-order valence-electron chi connectivity index (χ3n) is 4.40. The molecule has 0 unspecified atom stereocenters. The van der Waals surface area contributed by atoms with Crippen LogP contribution in [0.25, 0.3) is 5.69 Å². The normalized spacial score (nSPS) is 17.0. The second-order valence-corrected chi connectivity index (χ2v) is 5.93. The summed E-state index contributed by atoms with van der Waals surface area (Å²) in [4.78, 5) is 16.6. The molecule has 2 aromatic rings. The Hall–Kier alpha value is -2.18. The zero-order valence-corrected chi connectivity index (χ0v) is 13.4. The van der Waals surface area contributed by atoms with Crippen molar-refractivity contribution in [3.63, 3.8) is 0 Å². The maximum Gasteiger partial charge on any atom is 0.256 e. The third-order valence-corrected chi connectivity index (χ3v) is 4.40. The Morgan fingerprint density at radius 1 is 1.26 bits per heavy atom. The standard InChI is InChI=1S/C17H21N3O3/c1-12-13(2)20(11-18-12)15-5-3-14(4-6-15)19-16(21)17(22)7-9-23-10-8-17/h3-6,11,22H,7-10H2,1-2H3,(H,19,21). The average molecular weight is 315 g/mol. The van der Waals surface area contributed by atoms with Gasteiger partial charge in [0.15, 0.2) is 0 Å². The molecule has 122 valence electrons. The summed E-state index contributed by atoms with van der Waals surface area (Å²) in [7, 11) is 0. The van der Waals surface area contributed by atoms with Crippen molar-refractivity contribution >= 4 is 11.6 Å². The number of ether oxygens (including phenoxy) is 1. The van der Waals surface area contributed by atoms with Gasteiger partial charge in [0.2, 0.25) is 0 Å². The maximum atomic E-state index is 12.3. The van der Waals surface area contributed by atoms with E-state index in [4.69, 9.17) is 4.74 Å². The van der Waals surface area contributed by atoms with Gasteiger partial charge >= 0.3 is 0 Å². The summed E-state index contributed by atoms with van der Waals surface area (Å²) in [5.41, 5.74) is 2.37. The molecule has 0 atom stereocenters. The van der Waals surface area contributed by atoms with Crippen molar-refractivity contribution < 1.29 is 14.6 Å². The Bertz CT molecular complexity index is 700. The van der Waals surface area contributed by atoms with Gasteiger partial charge in [0, 0.05) is 43.1 Å². The lowest BCUT2D eigenvalue weighted by Crippen LogP contribution is -2.47. The minimum atomic E-state index is -1.34. The first kappa shape index (κ1) is 15.7. The van der Waals surface area contributed by atoms with Crippen LogP contribution < -0.4 is 5.32 Å². The monoisotopic (exact) mass is 315 g/mol. The first-order valence-electron chi connectivity index (χ1n) is 7.72. The number of carbonyl (C=O) groups excluding carboxylic acids is 1. The molecule has 3 rings (SSSR count). The number of rotatable bonds is 3. The van der Waals surface area contributed by atoms with Gasteiger partial charge in [-0.15, -0.1) is 0 Å². The molecule has 2 heterocycles. The highest BCUT2D eigenvalue weighted by atomic mass is 16.5. The van der Waals surface area contributed by atoms with Gasteiger partial charge in [0.25, 0.3) is 5.91 Å². The average Bonchev–Trinajstić information content (AvgIpc) is 2.88. The second kappa shape index (κ2) is 6.14. The third kappa shape index (κ3) is 3.13. The fraction of sp³-hybridized carbons (Fsp3) is 0.412. The Morgan fingerprint density at radius 2 is 1.91 bits per heavy atom. The molecular formula is C17H21N3O3. The number of aliphatic hydroxyl groups is 1. The van der Waals surface area contributed by atoms with Crippen LogP contribution in [0.5, 0.6) is 0 Å². The van der Waals surface area contributed by atoms with E-state index < -0.39 is 5.60 Å². The summed E-state index contributed by atoms with van der Waals surface area (Å²) >= 11 is 0. The van der Waals surface area contributed by atoms with E-state index >= 15 is 0 Å². The summed E-state index contributed by atoms with van der Waals surface area (Å²) < 4.78 is 7.19. The van der Waals surface area contributed by atoms with Crippen LogP contribution in [-0.4, -0.2) is 39.4 Å². The highest BCUT2D eigenvalue weighted by molar-refractivity contribution is 5.97. The molecule has 2 N–H and O–H groups in total. The van der Waals surface area contributed by atoms with E-state index in [1.807, 2.05) is 42.7 Å². The van der Waals surface area contributed by atoms with Crippen LogP contribution in [-0.2, 0) is 9.53 Å². The van der Waals surface area contributed by atoms with E-state index in [9.17, 15) is 9.90 Å². The van der Waals surface area contributed by atoms with Crippen molar-refractivity contribution in [1.29, 1.82) is 0 Å². The Balaban J connectivity index is 1.72. The fourth-order valence-electron chi connectivity index (χ4n) is 2.65. The number of amides is 1. The van der Waals surface area contributed by atoms with Gasteiger partial charge in [-0.2, -0.15) is 0 Å². The van der Waals surface area contributed by atoms with Gasteiger partial charge < -0.3 is 19.7 Å². The van der Waals surface area contributed by atoms with Crippen LogP contribution in [0.4, 0.5) is 5.69 Å². The summed E-state index contributed by atoms with van der Waals surface area (Å²) in [6.45, 7) is 4.79. The molecule has 0 aliphatic carbocycles. The van der Waals surface area contributed by atoms with E-state index in [2.05, 4.69) is 10.3 Å². The largest absolute Gasteiger partial charge is 0.381 e. The molecule has 1 aliphatic rings. The van der Waals surface area contributed by atoms with Crippen molar-refractivity contribution in [3.8, 4) is 5.69 Å². The van der Waals surface area contributed by atoms with Gasteiger partial charge in [-0.05, 0) is 38.1 Å². The molecular weight excluding hydrogens is 294 g/mol. The van der Waals surface area contributed by atoms with Crippen molar-refractivity contribution in [2.75, 3.05) is 18.5 Å². The van der Waals surface area contributed by atoms with E-state index in [0.717, 1.165) is 17.1 Å².